The van der Waals surface area contributed by atoms with Crippen molar-refractivity contribution in [1.29, 1.82) is 0 Å². The van der Waals surface area contributed by atoms with Gasteiger partial charge < -0.3 is 14.8 Å². The van der Waals surface area contributed by atoms with Crippen LogP contribution in [-0.4, -0.2) is 38.4 Å². The van der Waals surface area contributed by atoms with E-state index in [0.29, 0.717) is 6.10 Å². The van der Waals surface area contributed by atoms with Gasteiger partial charge in [-0.15, -0.1) is 0 Å². The van der Waals surface area contributed by atoms with Crippen molar-refractivity contribution in [2.75, 3.05) is 20.3 Å². The van der Waals surface area contributed by atoms with E-state index in [2.05, 4.69) is 5.32 Å². The Morgan fingerprint density at radius 1 is 1.53 bits per heavy atom. The Bertz CT molecular complexity index is 225. The first kappa shape index (κ1) is 14.5. The molecule has 2 unspecified atom stereocenters. The first-order chi connectivity index (χ1) is 8.15. The maximum absolute atomic E-state index is 11.5. The highest BCUT2D eigenvalue weighted by Crippen LogP contribution is 2.16. The SMILES string of the molecule is COC(=O)C(NCCCC1CCCO1)C(C)C. The van der Waals surface area contributed by atoms with Crippen molar-refractivity contribution in [2.45, 2.75) is 51.7 Å². The van der Waals surface area contributed by atoms with Gasteiger partial charge >= 0.3 is 5.97 Å². The maximum atomic E-state index is 11.5. The first-order valence-corrected chi connectivity index (χ1v) is 6.58. The summed E-state index contributed by atoms with van der Waals surface area (Å²) in [6.07, 6.45) is 4.94. The van der Waals surface area contributed by atoms with Crippen molar-refractivity contribution in [1.82, 2.24) is 5.32 Å². The molecule has 0 aromatic rings. The van der Waals surface area contributed by atoms with Crippen molar-refractivity contribution in [3.8, 4) is 0 Å². The minimum absolute atomic E-state index is 0.169. The third-order valence-electron chi connectivity index (χ3n) is 3.21. The van der Waals surface area contributed by atoms with Crippen LogP contribution < -0.4 is 5.32 Å². The van der Waals surface area contributed by atoms with Gasteiger partial charge in [0.15, 0.2) is 0 Å². The minimum atomic E-state index is -0.190. The molecule has 0 bridgehead atoms. The van der Waals surface area contributed by atoms with E-state index in [9.17, 15) is 4.79 Å². The number of carbonyl (C=O) groups is 1. The van der Waals surface area contributed by atoms with Crippen LogP contribution in [0.3, 0.4) is 0 Å². The number of ether oxygens (including phenoxy) is 2. The fraction of sp³-hybridized carbons (Fsp3) is 0.923. The van der Waals surface area contributed by atoms with Crippen LogP contribution in [0.15, 0.2) is 0 Å². The summed E-state index contributed by atoms with van der Waals surface area (Å²) in [5.41, 5.74) is 0. The molecule has 0 saturated carbocycles. The van der Waals surface area contributed by atoms with Crippen molar-refractivity contribution in [2.24, 2.45) is 5.92 Å². The van der Waals surface area contributed by atoms with Crippen LogP contribution in [0.1, 0.15) is 39.5 Å². The van der Waals surface area contributed by atoms with Crippen LogP contribution in [0.5, 0.6) is 0 Å². The molecule has 1 aliphatic heterocycles. The molecule has 1 rings (SSSR count). The Morgan fingerprint density at radius 2 is 2.29 bits per heavy atom. The number of esters is 1. The van der Waals surface area contributed by atoms with E-state index in [4.69, 9.17) is 9.47 Å². The van der Waals surface area contributed by atoms with E-state index in [0.717, 1.165) is 26.0 Å². The average Bonchev–Trinajstić information content (AvgIpc) is 2.80. The number of methoxy groups -OCH3 is 1. The summed E-state index contributed by atoms with van der Waals surface area (Å²) in [6.45, 7) is 5.80. The van der Waals surface area contributed by atoms with Gasteiger partial charge in [-0.3, -0.25) is 4.79 Å². The second-order valence-corrected chi connectivity index (χ2v) is 4.98. The summed E-state index contributed by atoms with van der Waals surface area (Å²) in [5.74, 6) is 0.0855. The van der Waals surface area contributed by atoms with Crippen molar-refractivity contribution < 1.29 is 14.3 Å². The average molecular weight is 243 g/mol. The molecule has 17 heavy (non-hydrogen) atoms. The van der Waals surface area contributed by atoms with Crippen LogP contribution >= 0.6 is 0 Å². The molecule has 0 aromatic heterocycles. The summed E-state index contributed by atoms with van der Waals surface area (Å²) < 4.78 is 10.3. The van der Waals surface area contributed by atoms with Crippen molar-refractivity contribution in [3.05, 3.63) is 0 Å². The minimum Gasteiger partial charge on any atom is -0.468 e. The smallest absolute Gasteiger partial charge is 0.323 e. The molecule has 1 N–H and O–H groups in total. The normalized spacial score (nSPS) is 21.8. The molecular weight excluding hydrogens is 218 g/mol. The second-order valence-electron chi connectivity index (χ2n) is 4.98. The highest BCUT2D eigenvalue weighted by Gasteiger charge is 2.22. The molecule has 2 atom stereocenters. The Kier molecular flexibility index (Phi) is 6.52. The van der Waals surface area contributed by atoms with E-state index >= 15 is 0 Å². The molecule has 1 fully saturated rings. The molecule has 1 saturated heterocycles. The number of nitrogens with one attached hydrogen (secondary N) is 1. The lowest BCUT2D eigenvalue weighted by Gasteiger charge is -2.20. The molecule has 0 spiro atoms. The number of hydrogen-bond donors (Lipinski definition) is 1. The van der Waals surface area contributed by atoms with E-state index in [-0.39, 0.29) is 17.9 Å². The molecule has 4 heteroatoms. The third kappa shape index (κ3) is 5.04. The zero-order valence-corrected chi connectivity index (χ0v) is 11.2. The molecule has 0 aliphatic carbocycles. The Balaban J connectivity index is 2.15. The van der Waals surface area contributed by atoms with Crippen LogP contribution in [0, 0.1) is 5.92 Å². The van der Waals surface area contributed by atoms with Gasteiger partial charge in [0.05, 0.1) is 13.2 Å². The lowest BCUT2D eigenvalue weighted by atomic mass is 10.0. The van der Waals surface area contributed by atoms with Gasteiger partial charge in [0.1, 0.15) is 6.04 Å². The monoisotopic (exact) mass is 243 g/mol. The second kappa shape index (κ2) is 7.67. The van der Waals surface area contributed by atoms with E-state index in [1.54, 1.807) is 0 Å². The predicted octanol–water partition coefficient (Wildman–Crippen LogP) is 1.73. The quantitative estimate of drug-likeness (QED) is 0.546. The van der Waals surface area contributed by atoms with Gasteiger partial charge in [0, 0.05) is 6.61 Å². The first-order valence-electron chi connectivity index (χ1n) is 6.58. The van der Waals surface area contributed by atoms with Gasteiger partial charge in [-0.25, -0.2) is 0 Å². The molecule has 0 radical (unpaired) electrons. The zero-order valence-electron chi connectivity index (χ0n) is 11.2. The van der Waals surface area contributed by atoms with E-state index in [1.807, 2.05) is 13.8 Å². The lowest BCUT2D eigenvalue weighted by Crippen LogP contribution is -2.42. The summed E-state index contributed by atoms with van der Waals surface area (Å²) in [7, 11) is 1.44. The highest BCUT2D eigenvalue weighted by atomic mass is 16.5. The fourth-order valence-corrected chi connectivity index (χ4v) is 2.18. The molecule has 0 amide bonds. The summed E-state index contributed by atoms with van der Waals surface area (Å²) >= 11 is 0. The van der Waals surface area contributed by atoms with Crippen molar-refractivity contribution in [3.63, 3.8) is 0 Å². The lowest BCUT2D eigenvalue weighted by molar-refractivity contribution is -0.144. The maximum Gasteiger partial charge on any atom is 0.323 e. The van der Waals surface area contributed by atoms with E-state index < -0.39 is 0 Å². The summed E-state index contributed by atoms with van der Waals surface area (Å²) in [4.78, 5) is 11.5. The highest BCUT2D eigenvalue weighted by molar-refractivity contribution is 5.75. The third-order valence-corrected chi connectivity index (χ3v) is 3.21. The van der Waals surface area contributed by atoms with Crippen LogP contribution in [0.25, 0.3) is 0 Å². The molecule has 1 heterocycles. The van der Waals surface area contributed by atoms with E-state index in [1.165, 1.54) is 20.0 Å². The predicted molar refractivity (Wildman–Crippen MR) is 66.9 cm³/mol. The van der Waals surface area contributed by atoms with Gasteiger partial charge in [-0.1, -0.05) is 13.8 Å². The van der Waals surface area contributed by atoms with Gasteiger partial charge in [-0.2, -0.15) is 0 Å². The van der Waals surface area contributed by atoms with Gasteiger partial charge in [0.25, 0.3) is 0 Å². The summed E-state index contributed by atoms with van der Waals surface area (Å²) in [6, 6.07) is -0.190. The van der Waals surface area contributed by atoms with Gasteiger partial charge in [-0.05, 0) is 38.1 Å². The van der Waals surface area contributed by atoms with Crippen molar-refractivity contribution >= 4 is 5.97 Å². The molecule has 0 aromatic carbocycles. The number of rotatable bonds is 7. The topological polar surface area (TPSA) is 47.6 Å². The Hall–Kier alpha value is -0.610. The Morgan fingerprint density at radius 3 is 2.82 bits per heavy atom. The molecule has 1 aliphatic rings. The molecule has 100 valence electrons. The van der Waals surface area contributed by atoms with Crippen LogP contribution in [0.4, 0.5) is 0 Å². The zero-order chi connectivity index (χ0) is 12.7. The number of hydrogen-bond acceptors (Lipinski definition) is 4. The molecule has 4 nitrogen and oxygen atoms in total. The number of carbonyl (C=O) groups excluding carboxylic acids is 1. The largest absolute Gasteiger partial charge is 0.468 e. The Labute approximate surface area is 104 Å². The van der Waals surface area contributed by atoms with Gasteiger partial charge in [0.2, 0.25) is 0 Å². The van der Waals surface area contributed by atoms with Crippen LogP contribution in [-0.2, 0) is 14.3 Å². The van der Waals surface area contributed by atoms with Crippen LogP contribution in [0.2, 0.25) is 0 Å². The standard InChI is InChI=1S/C13H25NO3/c1-10(2)12(13(15)16-3)14-8-4-6-11-7-5-9-17-11/h10-12,14H,4-9H2,1-3H3. The fourth-order valence-electron chi connectivity index (χ4n) is 2.18. The summed E-state index contributed by atoms with van der Waals surface area (Å²) in [5, 5.41) is 3.26. The molecular formula is C13H25NO3.